The minimum atomic E-state index is -1.04. The minimum absolute atomic E-state index is 0.0632. The third-order valence-corrected chi connectivity index (χ3v) is 3.72. The maximum absolute atomic E-state index is 12.9. The number of thiazole rings is 1. The number of carboxylic acid groups (broad SMARTS) is 1. The molecule has 0 aliphatic heterocycles. The molecule has 18 heavy (non-hydrogen) atoms. The van der Waals surface area contributed by atoms with Gasteiger partial charge >= 0.3 is 5.97 Å². The van der Waals surface area contributed by atoms with E-state index in [1.165, 1.54) is 23.5 Å². The van der Waals surface area contributed by atoms with Gasteiger partial charge in [-0.05, 0) is 24.6 Å². The summed E-state index contributed by atoms with van der Waals surface area (Å²) in [5.41, 5.74) is 0.789. The van der Waals surface area contributed by atoms with Crippen LogP contribution < -0.4 is 0 Å². The standard InChI is InChI=1S/C12H9ClFNO2S/c1-6-11(12(16)17)15-10(18-6)4-7-2-3-8(14)5-9(7)13/h2-3,5H,4H2,1H3,(H,16,17). The van der Waals surface area contributed by atoms with Gasteiger partial charge in [-0.2, -0.15) is 0 Å². The first-order chi connectivity index (χ1) is 8.47. The van der Waals surface area contributed by atoms with Crippen LogP contribution in [0.15, 0.2) is 18.2 Å². The molecule has 6 heteroatoms. The van der Waals surface area contributed by atoms with Gasteiger partial charge in [0.15, 0.2) is 5.69 Å². The molecular formula is C12H9ClFNO2S. The van der Waals surface area contributed by atoms with Crippen molar-refractivity contribution < 1.29 is 14.3 Å². The van der Waals surface area contributed by atoms with Crippen molar-refractivity contribution in [3.63, 3.8) is 0 Å². The second-order valence-corrected chi connectivity index (χ2v) is 5.43. The van der Waals surface area contributed by atoms with Crippen LogP contribution in [-0.4, -0.2) is 16.1 Å². The molecule has 2 rings (SSSR count). The van der Waals surface area contributed by atoms with Crippen molar-refractivity contribution in [1.82, 2.24) is 4.98 Å². The lowest BCUT2D eigenvalue weighted by Gasteiger charge is -2.01. The van der Waals surface area contributed by atoms with Gasteiger partial charge in [0.05, 0.1) is 5.01 Å². The predicted octanol–water partition coefficient (Wildman–Crippen LogP) is 3.53. The lowest BCUT2D eigenvalue weighted by atomic mass is 10.1. The van der Waals surface area contributed by atoms with E-state index >= 15 is 0 Å². The molecule has 2 aromatic rings. The third-order valence-electron chi connectivity index (χ3n) is 2.40. The number of carbonyl (C=O) groups is 1. The highest BCUT2D eigenvalue weighted by atomic mass is 35.5. The summed E-state index contributed by atoms with van der Waals surface area (Å²) in [5, 5.41) is 9.88. The molecule has 0 radical (unpaired) electrons. The Balaban J connectivity index is 2.29. The number of aromatic carboxylic acids is 1. The first kappa shape index (κ1) is 13.0. The van der Waals surface area contributed by atoms with E-state index in [1.807, 2.05) is 0 Å². The Morgan fingerprint density at radius 3 is 2.83 bits per heavy atom. The van der Waals surface area contributed by atoms with Gasteiger partial charge in [-0.15, -0.1) is 11.3 Å². The van der Waals surface area contributed by atoms with E-state index < -0.39 is 11.8 Å². The minimum Gasteiger partial charge on any atom is -0.476 e. The van der Waals surface area contributed by atoms with E-state index in [0.29, 0.717) is 21.3 Å². The first-order valence-electron chi connectivity index (χ1n) is 5.11. The highest BCUT2D eigenvalue weighted by Crippen LogP contribution is 2.24. The second kappa shape index (κ2) is 5.04. The lowest BCUT2D eigenvalue weighted by Crippen LogP contribution is -1.99. The Bertz CT molecular complexity index is 612. The zero-order valence-electron chi connectivity index (χ0n) is 9.41. The zero-order valence-corrected chi connectivity index (χ0v) is 11.0. The van der Waals surface area contributed by atoms with Crippen LogP contribution >= 0.6 is 22.9 Å². The topological polar surface area (TPSA) is 50.2 Å². The Labute approximate surface area is 112 Å². The summed E-state index contributed by atoms with van der Waals surface area (Å²) < 4.78 is 12.9. The molecule has 0 bridgehead atoms. The number of hydrogen-bond acceptors (Lipinski definition) is 3. The van der Waals surface area contributed by atoms with Crippen LogP contribution in [0.5, 0.6) is 0 Å². The third kappa shape index (κ3) is 2.68. The van der Waals surface area contributed by atoms with Gasteiger partial charge in [0, 0.05) is 16.3 Å². The van der Waals surface area contributed by atoms with Crippen molar-refractivity contribution in [2.24, 2.45) is 0 Å². The molecule has 0 amide bonds. The molecule has 94 valence electrons. The molecule has 1 N–H and O–H groups in total. The van der Waals surface area contributed by atoms with Crippen molar-refractivity contribution in [2.45, 2.75) is 13.3 Å². The van der Waals surface area contributed by atoms with Crippen LogP contribution in [-0.2, 0) is 6.42 Å². The highest BCUT2D eigenvalue weighted by molar-refractivity contribution is 7.11. The van der Waals surface area contributed by atoms with E-state index in [2.05, 4.69) is 4.98 Å². The fraction of sp³-hybridized carbons (Fsp3) is 0.167. The molecule has 0 atom stereocenters. The van der Waals surface area contributed by atoms with Crippen LogP contribution in [0.3, 0.4) is 0 Å². The van der Waals surface area contributed by atoms with Crippen molar-refractivity contribution in [3.05, 3.63) is 50.2 Å². The van der Waals surface area contributed by atoms with Crippen LogP contribution in [0.1, 0.15) is 25.9 Å². The number of hydrogen-bond donors (Lipinski definition) is 1. The number of aromatic nitrogens is 1. The Kier molecular flexibility index (Phi) is 3.63. The molecule has 0 saturated carbocycles. The molecule has 0 spiro atoms. The number of carboxylic acids is 1. The van der Waals surface area contributed by atoms with Gasteiger partial charge in [-0.1, -0.05) is 17.7 Å². The molecule has 0 fully saturated rings. The SMILES string of the molecule is Cc1sc(Cc2ccc(F)cc2Cl)nc1C(=O)O. The van der Waals surface area contributed by atoms with Gasteiger partial charge in [-0.3, -0.25) is 0 Å². The van der Waals surface area contributed by atoms with Gasteiger partial charge in [0.1, 0.15) is 5.82 Å². The summed E-state index contributed by atoms with van der Waals surface area (Å²) in [6.07, 6.45) is 0.401. The fourth-order valence-electron chi connectivity index (χ4n) is 1.55. The van der Waals surface area contributed by atoms with Crippen molar-refractivity contribution in [2.75, 3.05) is 0 Å². The predicted molar refractivity (Wildman–Crippen MR) is 68.0 cm³/mol. The van der Waals surface area contributed by atoms with E-state index in [0.717, 1.165) is 5.56 Å². The Morgan fingerprint density at radius 1 is 1.56 bits per heavy atom. The number of aryl methyl sites for hydroxylation is 1. The van der Waals surface area contributed by atoms with Gasteiger partial charge < -0.3 is 5.11 Å². The molecule has 1 aromatic carbocycles. The van der Waals surface area contributed by atoms with E-state index in [4.69, 9.17) is 16.7 Å². The number of halogens is 2. The maximum atomic E-state index is 12.9. The molecule has 0 unspecified atom stereocenters. The molecule has 0 aliphatic rings. The summed E-state index contributed by atoms with van der Waals surface area (Å²) in [4.78, 5) is 15.6. The zero-order chi connectivity index (χ0) is 13.3. The monoisotopic (exact) mass is 285 g/mol. The summed E-state index contributed by atoms with van der Waals surface area (Å²) in [5.74, 6) is -1.44. The van der Waals surface area contributed by atoms with Crippen LogP contribution in [0.25, 0.3) is 0 Å². The average molecular weight is 286 g/mol. The molecule has 3 nitrogen and oxygen atoms in total. The maximum Gasteiger partial charge on any atom is 0.355 e. The second-order valence-electron chi connectivity index (χ2n) is 3.73. The molecule has 0 aliphatic carbocycles. The van der Waals surface area contributed by atoms with E-state index in [-0.39, 0.29) is 5.69 Å². The first-order valence-corrected chi connectivity index (χ1v) is 6.30. The van der Waals surface area contributed by atoms with E-state index in [9.17, 15) is 9.18 Å². The van der Waals surface area contributed by atoms with Gasteiger partial charge in [0.2, 0.25) is 0 Å². The Morgan fingerprint density at radius 2 is 2.28 bits per heavy atom. The summed E-state index contributed by atoms with van der Waals surface area (Å²) in [6, 6.07) is 4.13. The summed E-state index contributed by atoms with van der Waals surface area (Å²) in [7, 11) is 0. The molecule has 1 heterocycles. The molecular weight excluding hydrogens is 277 g/mol. The van der Waals surface area contributed by atoms with Gasteiger partial charge in [-0.25, -0.2) is 14.2 Å². The highest BCUT2D eigenvalue weighted by Gasteiger charge is 2.15. The normalized spacial score (nSPS) is 10.6. The lowest BCUT2D eigenvalue weighted by molar-refractivity contribution is 0.0690. The number of nitrogens with zero attached hydrogens (tertiary/aromatic N) is 1. The average Bonchev–Trinajstić information content (AvgIpc) is 2.64. The van der Waals surface area contributed by atoms with Crippen LogP contribution in [0.2, 0.25) is 5.02 Å². The summed E-state index contributed by atoms with van der Waals surface area (Å²) >= 11 is 7.22. The molecule has 0 saturated heterocycles. The number of rotatable bonds is 3. The molecule has 1 aromatic heterocycles. The van der Waals surface area contributed by atoms with Crippen molar-refractivity contribution >= 4 is 28.9 Å². The summed E-state index contributed by atoms with van der Waals surface area (Å²) in [6.45, 7) is 1.71. The van der Waals surface area contributed by atoms with Gasteiger partial charge in [0.25, 0.3) is 0 Å². The van der Waals surface area contributed by atoms with Crippen LogP contribution in [0.4, 0.5) is 4.39 Å². The Hall–Kier alpha value is -1.46. The van der Waals surface area contributed by atoms with E-state index in [1.54, 1.807) is 13.0 Å². The van der Waals surface area contributed by atoms with Crippen molar-refractivity contribution in [3.8, 4) is 0 Å². The number of benzene rings is 1. The van der Waals surface area contributed by atoms with Crippen molar-refractivity contribution in [1.29, 1.82) is 0 Å². The smallest absolute Gasteiger partial charge is 0.355 e. The quantitative estimate of drug-likeness (QED) is 0.938. The fourth-order valence-corrected chi connectivity index (χ4v) is 2.74. The largest absolute Gasteiger partial charge is 0.476 e. The van der Waals surface area contributed by atoms with Crippen LogP contribution in [0, 0.1) is 12.7 Å².